The van der Waals surface area contributed by atoms with Gasteiger partial charge in [0.15, 0.2) is 0 Å². The molecule has 1 N–H and O–H groups in total. The van der Waals surface area contributed by atoms with Crippen LogP contribution in [0.2, 0.25) is 0 Å². The zero-order valence-electron chi connectivity index (χ0n) is 12.9. The molecule has 1 aromatic rings. The molecule has 0 bridgehead atoms. The van der Waals surface area contributed by atoms with Gasteiger partial charge in [-0.05, 0) is 53.7 Å². The minimum atomic E-state index is -0.166. The largest absolute Gasteiger partial charge is 0.497 e. The van der Waals surface area contributed by atoms with E-state index in [0.717, 1.165) is 38.0 Å². The van der Waals surface area contributed by atoms with Crippen molar-refractivity contribution in [3.8, 4) is 5.75 Å². The van der Waals surface area contributed by atoms with Gasteiger partial charge in [0.05, 0.1) is 25.7 Å². The van der Waals surface area contributed by atoms with E-state index in [-0.39, 0.29) is 11.5 Å². The standard InChI is InChI=1S/C18H21NO3/c1-21-13-3-4-14-12(10-13)2-5-16-15(14)6-8-19-18(16)7-9-22-17(20)11-18/h3-4,10,19H,2,5-9,11H2,1H3. The number of benzene rings is 1. The second kappa shape index (κ2) is 5.13. The first-order valence-corrected chi connectivity index (χ1v) is 8.02. The van der Waals surface area contributed by atoms with Crippen molar-refractivity contribution < 1.29 is 14.3 Å². The Labute approximate surface area is 130 Å². The number of hydrogen-bond donors (Lipinski definition) is 1. The van der Waals surface area contributed by atoms with Gasteiger partial charge in [0.1, 0.15) is 5.75 Å². The first-order valence-electron chi connectivity index (χ1n) is 8.02. The lowest BCUT2D eigenvalue weighted by atomic mass is 9.70. The number of esters is 1. The Morgan fingerprint density at radius 3 is 3.00 bits per heavy atom. The number of hydrogen-bond acceptors (Lipinski definition) is 4. The summed E-state index contributed by atoms with van der Waals surface area (Å²) in [5.41, 5.74) is 5.43. The maximum Gasteiger partial charge on any atom is 0.308 e. The van der Waals surface area contributed by atoms with Crippen LogP contribution in [0.3, 0.4) is 0 Å². The summed E-state index contributed by atoms with van der Waals surface area (Å²) in [7, 11) is 1.71. The van der Waals surface area contributed by atoms with Crippen LogP contribution in [0.1, 0.15) is 36.8 Å². The molecule has 0 saturated carbocycles. The van der Waals surface area contributed by atoms with E-state index in [2.05, 4.69) is 17.4 Å². The molecule has 1 saturated heterocycles. The molecule has 0 radical (unpaired) electrons. The maximum absolute atomic E-state index is 11.8. The minimum absolute atomic E-state index is 0.0759. The van der Waals surface area contributed by atoms with Crippen LogP contribution in [0.25, 0.3) is 5.57 Å². The van der Waals surface area contributed by atoms with E-state index < -0.39 is 0 Å². The third kappa shape index (κ3) is 2.05. The molecule has 1 aliphatic carbocycles. The van der Waals surface area contributed by atoms with Crippen molar-refractivity contribution >= 4 is 11.5 Å². The average Bonchev–Trinajstić information content (AvgIpc) is 2.54. The third-order valence-corrected chi connectivity index (χ3v) is 5.30. The fourth-order valence-corrected chi connectivity index (χ4v) is 4.25. The quantitative estimate of drug-likeness (QED) is 0.809. The zero-order valence-corrected chi connectivity index (χ0v) is 12.9. The molecule has 1 spiro atoms. The molecule has 4 nitrogen and oxygen atoms in total. The van der Waals surface area contributed by atoms with Gasteiger partial charge in [-0.15, -0.1) is 0 Å². The Bertz CT molecular complexity index is 664. The Morgan fingerprint density at radius 1 is 1.27 bits per heavy atom. The first kappa shape index (κ1) is 13.8. The van der Waals surface area contributed by atoms with Gasteiger partial charge in [-0.25, -0.2) is 0 Å². The number of cyclic esters (lactones) is 1. The average molecular weight is 299 g/mol. The highest BCUT2D eigenvalue weighted by atomic mass is 16.5. The van der Waals surface area contributed by atoms with Crippen LogP contribution in [-0.4, -0.2) is 31.8 Å². The maximum atomic E-state index is 11.8. The normalized spacial score (nSPS) is 27.2. The summed E-state index contributed by atoms with van der Waals surface area (Å²) in [6.45, 7) is 1.45. The highest BCUT2D eigenvalue weighted by Gasteiger charge is 2.44. The van der Waals surface area contributed by atoms with Gasteiger partial charge in [0.2, 0.25) is 0 Å². The Morgan fingerprint density at radius 2 is 2.18 bits per heavy atom. The van der Waals surface area contributed by atoms with E-state index in [1.165, 1.54) is 22.3 Å². The molecule has 2 heterocycles. The Kier molecular flexibility index (Phi) is 3.22. The van der Waals surface area contributed by atoms with E-state index in [0.29, 0.717) is 13.0 Å². The molecule has 1 unspecified atom stereocenters. The third-order valence-electron chi connectivity index (χ3n) is 5.30. The number of rotatable bonds is 1. The number of fused-ring (bicyclic) bond motifs is 3. The van der Waals surface area contributed by atoms with Crippen molar-refractivity contribution in [1.29, 1.82) is 0 Å². The highest BCUT2D eigenvalue weighted by molar-refractivity contribution is 5.80. The summed E-state index contributed by atoms with van der Waals surface area (Å²) in [4.78, 5) is 11.8. The van der Waals surface area contributed by atoms with Crippen LogP contribution in [0.5, 0.6) is 5.75 Å². The predicted molar refractivity (Wildman–Crippen MR) is 83.8 cm³/mol. The zero-order chi connectivity index (χ0) is 15.2. The van der Waals surface area contributed by atoms with Crippen LogP contribution >= 0.6 is 0 Å². The number of carbonyl (C=O) groups is 1. The highest BCUT2D eigenvalue weighted by Crippen LogP contribution is 2.45. The second-order valence-corrected chi connectivity index (χ2v) is 6.39. The molecular weight excluding hydrogens is 278 g/mol. The van der Waals surface area contributed by atoms with Crippen LogP contribution in [0.4, 0.5) is 0 Å². The monoisotopic (exact) mass is 299 g/mol. The molecule has 3 aliphatic rings. The number of nitrogens with one attached hydrogen (secondary N) is 1. The summed E-state index contributed by atoms with van der Waals surface area (Å²) in [6.07, 6.45) is 4.44. The molecule has 0 amide bonds. The summed E-state index contributed by atoms with van der Waals surface area (Å²) < 4.78 is 10.5. The second-order valence-electron chi connectivity index (χ2n) is 6.39. The lowest BCUT2D eigenvalue weighted by Gasteiger charge is -2.45. The van der Waals surface area contributed by atoms with Gasteiger partial charge in [0.25, 0.3) is 0 Å². The molecule has 1 fully saturated rings. The molecule has 116 valence electrons. The van der Waals surface area contributed by atoms with Crippen molar-refractivity contribution in [2.24, 2.45) is 0 Å². The van der Waals surface area contributed by atoms with Crippen LogP contribution in [0.15, 0.2) is 23.8 Å². The number of methoxy groups -OCH3 is 1. The summed E-state index contributed by atoms with van der Waals surface area (Å²) in [5, 5.41) is 3.63. The van der Waals surface area contributed by atoms with Crippen LogP contribution in [-0.2, 0) is 16.0 Å². The summed E-state index contributed by atoms with van der Waals surface area (Å²) in [5.74, 6) is 0.848. The van der Waals surface area contributed by atoms with Gasteiger partial charge in [-0.3, -0.25) is 4.79 Å². The minimum Gasteiger partial charge on any atom is -0.497 e. The molecule has 2 aliphatic heterocycles. The fraction of sp³-hybridized carbons (Fsp3) is 0.500. The van der Waals surface area contributed by atoms with Gasteiger partial charge in [0, 0.05) is 13.0 Å². The molecule has 4 heteroatoms. The predicted octanol–water partition coefficient (Wildman–Crippen LogP) is 2.46. The van der Waals surface area contributed by atoms with Crippen molar-refractivity contribution in [3.05, 3.63) is 34.9 Å². The molecular formula is C18H21NO3. The number of carbonyl (C=O) groups excluding carboxylic acids is 1. The van der Waals surface area contributed by atoms with Crippen molar-refractivity contribution in [1.82, 2.24) is 5.32 Å². The van der Waals surface area contributed by atoms with Crippen molar-refractivity contribution in [2.45, 2.75) is 37.6 Å². The van der Waals surface area contributed by atoms with E-state index in [4.69, 9.17) is 9.47 Å². The SMILES string of the molecule is COc1ccc2c(c1)CCC1=C2CCNC12CCOC(=O)C2. The smallest absolute Gasteiger partial charge is 0.308 e. The van der Waals surface area contributed by atoms with Gasteiger partial charge in [-0.1, -0.05) is 6.07 Å². The van der Waals surface area contributed by atoms with E-state index >= 15 is 0 Å². The van der Waals surface area contributed by atoms with Gasteiger partial charge in [-0.2, -0.15) is 0 Å². The molecule has 4 rings (SSSR count). The van der Waals surface area contributed by atoms with Crippen molar-refractivity contribution in [3.63, 3.8) is 0 Å². The molecule has 1 atom stereocenters. The lowest BCUT2D eigenvalue weighted by molar-refractivity contribution is -0.149. The van der Waals surface area contributed by atoms with Crippen LogP contribution in [0, 0.1) is 0 Å². The van der Waals surface area contributed by atoms with E-state index in [9.17, 15) is 4.79 Å². The number of ether oxygens (including phenoxy) is 2. The lowest BCUT2D eigenvalue weighted by Crippen LogP contribution is -2.55. The topological polar surface area (TPSA) is 47.6 Å². The Hall–Kier alpha value is -1.81. The summed E-state index contributed by atoms with van der Waals surface area (Å²) in [6, 6.07) is 6.38. The van der Waals surface area contributed by atoms with Gasteiger partial charge >= 0.3 is 5.97 Å². The number of aryl methyl sites for hydroxylation is 1. The van der Waals surface area contributed by atoms with E-state index in [1.54, 1.807) is 7.11 Å². The first-order chi connectivity index (χ1) is 10.7. The Balaban J connectivity index is 1.80. The fourth-order valence-electron chi connectivity index (χ4n) is 4.25. The molecule has 0 aromatic heterocycles. The molecule has 22 heavy (non-hydrogen) atoms. The van der Waals surface area contributed by atoms with E-state index in [1.807, 2.05) is 6.07 Å². The molecule has 1 aromatic carbocycles. The van der Waals surface area contributed by atoms with Crippen LogP contribution < -0.4 is 10.1 Å². The van der Waals surface area contributed by atoms with Gasteiger partial charge < -0.3 is 14.8 Å². The van der Waals surface area contributed by atoms with Crippen molar-refractivity contribution in [2.75, 3.05) is 20.3 Å². The summed E-state index contributed by atoms with van der Waals surface area (Å²) >= 11 is 0.